The Hall–Kier alpha value is -2.46. The van der Waals surface area contributed by atoms with E-state index >= 15 is 0 Å². The van der Waals surface area contributed by atoms with E-state index in [0.717, 1.165) is 37.3 Å². The highest BCUT2D eigenvalue weighted by Gasteiger charge is 2.07. The highest BCUT2D eigenvalue weighted by molar-refractivity contribution is 7.89. The summed E-state index contributed by atoms with van der Waals surface area (Å²) in [7, 11) is -3.68. The molecule has 0 aliphatic heterocycles. The molecular weight excluding hydrogens is 366 g/mol. The molecule has 0 saturated heterocycles. The summed E-state index contributed by atoms with van der Waals surface area (Å²) in [5, 5.41) is 19.7. The first-order valence-electron chi connectivity index (χ1n) is 8.94. The third-order valence-electron chi connectivity index (χ3n) is 3.87. The molecule has 0 atom stereocenters. The first-order chi connectivity index (χ1) is 12.9. The predicted octanol–water partition coefficient (Wildman–Crippen LogP) is 0.633. The first-order valence-corrected chi connectivity index (χ1v) is 10.5. The minimum atomic E-state index is -3.68. The lowest BCUT2D eigenvalue weighted by atomic mass is 10.2. The van der Waals surface area contributed by atoms with Gasteiger partial charge in [-0.2, -0.15) is 0 Å². The number of hydrogen-bond donors (Lipinski definition) is 3. The summed E-state index contributed by atoms with van der Waals surface area (Å²) in [5.41, 5.74) is 0.895. The van der Waals surface area contributed by atoms with Gasteiger partial charge in [0.25, 0.3) is 0 Å². The van der Waals surface area contributed by atoms with Crippen LogP contribution in [0.4, 0.5) is 0 Å². The van der Waals surface area contributed by atoms with E-state index in [4.69, 9.17) is 5.14 Å². The zero-order valence-corrected chi connectivity index (χ0v) is 16.5. The highest BCUT2D eigenvalue weighted by atomic mass is 32.2. The first kappa shape index (κ1) is 20.8. The average Bonchev–Trinajstić information content (AvgIpc) is 3.10. The number of nitrogens with two attached hydrogens (primary N) is 1. The molecule has 0 saturated carbocycles. The SMILES string of the molecule is CCCNC(=NCc1ccc(S(N)(=O)=O)cc1)NCCn1cnnc1CC. The van der Waals surface area contributed by atoms with Crippen molar-refractivity contribution in [2.24, 2.45) is 10.1 Å². The van der Waals surface area contributed by atoms with E-state index in [9.17, 15) is 8.42 Å². The zero-order chi connectivity index (χ0) is 19.7. The van der Waals surface area contributed by atoms with E-state index in [1.165, 1.54) is 12.1 Å². The molecule has 27 heavy (non-hydrogen) atoms. The van der Waals surface area contributed by atoms with Gasteiger partial charge in [-0.3, -0.25) is 0 Å². The Kier molecular flexibility index (Phi) is 7.74. The third kappa shape index (κ3) is 6.65. The van der Waals surface area contributed by atoms with Gasteiger partial charge in [-0.15, -0.1) is 10.2 Å². The number of nitrogens with zero attached hydrogens (tertiary/aromatic N) is 4. The number of rotatable bonds is 9. The van der Waals surface area contributed by atoms with Crippen molar-refractivity contribution in [3.63, 3.8) is 0 Å². The number of aryl methyl sites for hydroxylation is 1. The van der Waals surface area contributed by atoms with Crippen LogP contribution in [0.15, 0.2) is 40.5 Å². The van der Waals surface area contributed by atoms with Crippen LogP contribution in [0.5, 0.6) is 0 Å². The number of nitrogens with one attached hydrogen (secondary N) is 2. The second kappa shape index (κ2) is 10.0. The Morgan fingerprint density at radius 3 is 2.52 bits per heavy atom. The minimum absolute atomic E-state index is 0.0957. The normalized spacial score (nSPS) is 12.2. The van der Waals surface area contributed by atoms with Gasteiger partial charge < -0.3 is 15.2 Å². The van der Waals surface area contributed by atoms with Crippen molar-refractivity contribution in [3.8, 4) is 0 Å². The van der Waals surface area contributed by atoms with Gasteiger partial charge in [0.1, 0.15) is 12.2 Å². The topological polar surface area (TPSA) is 127 Å². The molecule has 0 amide bonds. The molecule has 10 heteroatoms. The van der Waals surface area contributed by atoms with Gasteiger partial charge in [0.2, 0.25) is 10.0 Å². The Labute approximate surface area is 160 Å². The zero-order valence-electron chi connectivity index (χ0n) is 15.7. The van der Waals surface area contributed by atoms with Gasteiger partial charge in [0.15, 0.2) is 5.96 Å². The van der Waals surface area contributed by atoms with Crippen LogP contribution in [-0.4, -0.2) is 42.2 Å². The summed E-state index contributed by atoms with van der Waals surface area (Å²) in [6.45, 7) is 6.79. The summed E-state index contributed by atoms with van der Waals surface area (Å²) < 4.78 is 24.6. The third-order valence-corrected chi connectivity index (χ3v) is 4.80. The second-order valence-electron chi connectivity index (χ2n) is 6.00. The monoisotopic (exact) mass is 393 g/mol. The molecule has 1 aromatic heterocycles. The summed E-state index contributed by atoms with van der Waals surface area (Å²) in [6.07, 6.45) is 3.54. The number of hydrogen-bond acceptors (Lipinski definition) is 5. The maximum absolute atomic E-state index is 11.3. The number of guanidine groups is 1. The standard InChI is InChI=1S/C17H27N7O2S/c1-3-9-19-17(20-10-11-24-13-22-23-16(24)4-2)21-12-14-5-7-15(8-6-14)27(18,25)26/h5-8,13H,3-4,9-12H2,1-2H3,(H2,18,25,26)(H2,19,20,21). The average molecular weight is 394 g/mol. The van der Waals surface area contributed by atoms with Crippen LogP contribution in [0.3, 0.4) is 0 Å². The van der Waals surface area contributed by atoms with Crippen molar-refractivity contribution >= 4 is 16.0 Å². The number of benzene rings is 1. The quantitative estimate of drug-likeness (QED) is 0.424. The van der Waals surface area contributed by atoms with Gasteiger partial charge >= 0.3 is 0 Å². The molecule has 0 aliphatic carbocycles. The number of aromatic nitrogens is 3. The van der Waals surface area contributed by atoms with E-state index in [0.29, 0.717) is 19.0 Å². The molecule has 0 spiro atoms. The Bertz CT molecular complexity index is 844. The van der Waals surface area contributed by atoms with Crippen molar-refractivity contribution < 1.29 is 8.42 Å². The maximum Gasteiger partial charge on any atom is 0.238 e. The smallest absolute Gasteiger partial charge is 0.238 e. The molecule has 4 N–H and O–H groups in total. The molecule has 148 valence electrons. The lowest BCUT2D eigenvalue weighted by Gasteiger charge is -2.13. The van der Waals surface area contributed by atoms with Crippen molar-refractivity contribution in [1.82, 2.24) is 25.4 Å². The van der Waals surface area contributed by atoms with Gasteiger partial charge in [0, 0.05) is 26.1 Å². The summed E-state index contributed by atoms with van der Waals surface area (Å²) in [4.78, 5) is 4.65. The molecule has 1 aromatic carbocycles. The van der Waals surface area contributed by atoms with Crippen LogP contribution in [0.25, 0.3) is 0 Å². The van der Waals surface area contributed by atoms with Gasteiger partial charge in [-0.1, -0.05) is 26.0 Å². The number of primary sulfonamides is 1. The van der Waals surface area contributed by atoms with E-state index < -0.39 is 10.0 Å². The van der Waals surface area contributed by atoms with Gasteiger partial charge in [-0.05, 0) is 24.1 Å². The van der Waals surface area contributed by atoms with Crippen LogP contribution < -0.4 is 15.8 Å². The Morgan fingerprint density at radius 1 is 1.19 bits per heavy atom. The van der Waals surface area contributed by atoms with Crippen LogP contribution in [-0.2, 0) is 29.5 Å². The van der Waals surface area contributed by atoms with Crippen LogP contribution in [0.2, 0.25) is 0 Å². The highest BCUT2D eigenvalue weighted by Crippen LogP contribution is 2.09. The lowest BCUT2D eigenvalue weighted by molar-refractivity contribution is 0.598. The van der Waals surface area contributed by atoms with Gasteiger partial charge in [0.05, 0.1) is 11.4 Å². The number of aliphatic imine (C=N–C) groups is 1. The van der Waals surface area contributed by atoms with Crippen molar-refractivity contribution in [2.45, 2.75) is 44.7 Å². The predicted molar refractivity (Wildman–Crippen MR) is 105 cm³/mol. The fraction of sp³-hybridized carbons (Fsp3) is 0.471. The molecule has 0 unspecified atom stereocenters. The molecule has 9 nitrogen and oxygen atoms in total. The largest absolute Gasteiger partial charge is 0.356 e. The molecule has 0 fully saturated rings. The molecule has 2 aromatic rings. The van der Waals surface area contributed by atoms with Crippen LogP contribution in [0, 0.1) is 0 Å². The fourth-order valence-corrected chi connectivity index (χ4v) is 2.92. The molecule has 0 radical (unpaired) electrons. The van der Waals surface area contributed by atoms with Crippen LogP contribution >= 0.6 is 0 Å². The van der Waals surface area contributed by atoms with E-state index in [1.54, 1.807) is 18.5 Å². The molecule has 0 aliphatic rings. The van der Waals surface area contributed by atoms with Gasteiger partial charge in [-0.25, -0.2) is 18.5 Å². The summed E-state index contributed by atoms with van der Waals surface area (Å²) in [6, 6.07) is 6.41. The summed E-state index contributed by atoms with van der Waals surface area (Å²) in [5.74, 6) is 1.66. The van der Waals surface area contributed by atoms with Crippen molar-refractivity contribution in [3.05, 3.63) is 42.0 Å². The number of sulfonamides is 1. The van der Waals surface area contributed by atoms with E-state index in [1.807, 2.05) is 11.5 Å². The Morgan fingerprint density at radius 2 is 1.89 bits per heavy atom. The van der Waals surface area contributed by atoms with E-state index in [-0.39, 0.29) is 4.90 Å². The second-order valence-corrected chi connectivity index (χ2v) is 7.56. The fourth-order valence-electron chi connectivity index (χ4n) is 2.41. The minimum Gasteiger partial charge on any atom is -0.356 e. The van der Waals surface area contributed by atoms with Crippen molar-refractivity contribution in [2.75, 3.05) is 13.1 Å². The molecule has 1 heterocycles. The maximum atomic E-state index is 11.3. The lowest BCUT2D eigenvalue weighted by Crippen LogP contribution is -2.39. The molecular formula is C17H27N7O2S. The summed E-state index contributed by atoms with van der Waals surface area (Å²) >= 11 is 0. The van der Waals surface area contributed by atoms with E-state index in [2.05, 4.69) is 32.7 Å². The Balaban J connectivity index is 1.95. The molecule has 2 rings (SSSR count). The van der Waals surface area contributed by atoms with Crippen LogP contribution in [0.1, 0.15) is 31.7 Å². The molecule has 0 bridgehead atoms. The van der Waals surface area contributed by atoms with Crippen molar-refractivity contribution in [1.29, 1.82) is 0 Å².